The molecular formula is C26H38Cl2N10O18P2S2. The predicted molar refractivity (Wildman–Crippen MR) is 204 cm³/mol. The first-order valence-corrected chi connectivity index (χ1v) is 24.4. The van der Waals surface area contributed by atoms with Crippen LogP contribution in [0.3, 0.4) is 0 Å². The number of hydrogen-bond donors (Lipinski definition) is 10. The Morgan fingerprint density at radius 3 is 1.32 bits per heavy atom. The Morgan fingerprint density at radius 2 is 1.02 bits per heavy atom. The van der Waals surface area contributed by atoms with Crippen LogP contribution in [0.25, 0.3) is 22.3 Å². The smallest absolute Gasteiger partial charge is 0.369 e. The van der Waals surface area contributed by atoms with Crippen LogP contribution in [0.2, 0.25) is 10.6 Å². The van der Waals surface area contributed by atoms with E-state index in [-0.39, 0.29) is 44.5 Å². The molecule has 4 aromatic heterocycles. The van der Waals surface area contributed by atoms with Crippen LogP contribution < -0.4 is 11.5 Å². The molecule has 0 aromatic carbocycles. The summed E-state index contributed by atoms with van der Waals surface area (Å²) >= 11 is 11.6. The number of ether oxygens (including phenoxy) is 4. The number of imidazole rings is 2. The number of nitrogen functional groups attached to an aromatic ring is 2. The lowest BCUT2D eigenvalue weighted by Crippen LogP contribution is -2.36. The van der Waals surface area contributed by atoms with Crippen molar-refractivity contribution in [3.8, 4) is 0 Å². The summed E-state index contributed by atoms with van der Waals surface area (Å²) in [5.74, 6) is -1.20. The second kappa shape index (κ2) is 18.1. The molecule has 2 aliphatic rings. The summed E-state index contributed by atoms with van der Waals surface area (Å²) in [6.45, 7) is 0.943. The van der Waals surface area contributed by atoms with E-state index in [1.165, 1.54) is 35.6 Å². The lowest BCUT2D eigenvalue weighted by atomic mass is 10.1. The normalized spacial score (nSPS) is 26.3. The van der Waals surface area contributed by atoms with E-state index in [1.807, 2.05) is 0 Å². The van der Waals surface area contributed by atoms with Crippen LogP contribution in [0.4, 0.5) is 11.6 Å². The van der Waals surface area contributed by atoms with Gasteiger partial charge in [-0.3, -0.25) is 18.3 Å². The minimum absolute atomic E-state index is 0.0223. The Kier molecular flexibility index (Phi) is 14.5. The largest absolute Gasteiger partial charge is 0.387 e. The molecule has 0 aliphatic carbocycles. The average Bonchev–Trinajstić information content (AvgIpc) is 3.89. The van der Waals surface area contributed by atoms with Crippen LogP contribution >= 0.6 is 38.4 Å². The summed E-state index contributed by atoms with van der Waals surface area (Å²) in [7, 11) is -18.9. The second-order valence-electron chi connectivity index (χ2n) is 12.9. The fraction of sp³-hybridized carbons (Fsp3) is 0.615. The standard InChI is InChI=1S/2C13H19ClN5O9PS/c2*1-2-30(25,26)13(29(22,23)24)27-3-5-7(20)8(21)11(28-5)19-4-16-6-9(15)17-12(14)18-10(6)19/h2*4-5,7-8,11,13,20-21H,2-3H2,1H3,(H2,15,17,18)(H2,22,23,24)/t2*5-,7-,8-,11-,13?/m11/s1. The van der Waals surface area contributed by atoms with Crippen LogP contribution in [0.5, 0.6) is 0 Å². The van der Waals surface area contributed by atoms with Crippen LogP contribution in [0, 0.1) is 0 Å². The van der Waals surface area contributed by atoms with Crippen LogP contribution in [0.15, 0.2) is 12.7 Å². The molecule has 0 spiro atoms. The maximum atomic E-state index is 11.9. The van der Waals surface area contributed by atoms with Gasteiger partial charge < -0.3 is 70.4 Å². The van der Waals surface area contributed by atoms with E-state index >= 15 is 0 Å². The van der Waals surface area contributed by atoms with Crippen LogP contribution in [0.1, 0.15) is 26.3 Å². The second-order valence-corrected chi connectivity index (χ2v) is 22.2. The zero-order valence-electron chi connectivity index (χ0n) is 30.6. The quantitative estimate of drug-likeness (QED) is 0.0450. The first kappa shape index (κ1) is 48.2. The highest BCUT2D eigenvalue weighted by Crippen LogP contribution is 2.47. The SMILES string of the molecule is CCS(=O)(=O)C(OC[C@H]1O[C@@H](n2cnc3c(N)nc(Cl)nc32)[C@H](O)[C@@H]1O)P(=O)(O)O.CCS(=O)(=O)C(OC[C@H]1O[C@@H](n2cnc3c(N)nc(Cl)nc32)[C@H](O)[C@@H]1O)P(=O)(O)O. The van der Waals surface area contributed by atoms with Crippen molar-refractivity contribution in [3.05, 3.63) is 23.2 Å². The van der Waals surface area contributed by atoms with Crippen molar-refractivity contribution in [2.24, 2.45) is 0 Å². The maximum Gasteiger partial charge on any atom is 0.369 e. The highest BCUT2D eigenvalue weighted by molar-refractivity contribution is 7.98. The summed E-state index contributed by atoms with van der Waals surface area (Å²) in [6, 6.07) is 0. The monoisotopic (exact) mass is 974 g/mol. The minimum atomic E-state index is -5.18. The molecule has 6 heterocycles. The summed E-state index contributed by atoms with van der Waals surface area (Å²) in [5, 5.41) is 36.0. The number of aromatic nitrogens is 8. The number of rotatable bonds is 14. The molecule has 2 saturated heterocycles. The van der Waals surface area contributed by atoms with Gasteiger partial charge in [0.25, 0.3) is 10.4 Å². The van der Waals surface area contributed by atoms with Gasteiger partial charge in [0.15, 0.2) is 55.1 Å². The van der Waals surface area contributed by atoms with Gasteiger partial charge in [0.05, 0.1) is 37.4 Å². The van der Waals surface area contributed by atoms with Crippen molar-refractivity contribution >= 4 is 92.0 Å². The van der Waals surface area contributed by atoms with E-state index in [1.54, 1.807) is 0 Å². The molecular weight excluding hydrogens is 937 g/mol. The average molecular weight is 976 g/mol. The molecule has 336 valence electrons. The number of aliphatic hydroxyl groups excluding tert-OH is 4. The van der Waals surface area contributed by atoms with Gasteiger partial charge >= 0.3 is 15.2 Å². The van der Waals surface area contributed by atoms with E-state index in [4.69, 9.17) is 53.6 Å². The molecule has 2 fully saturated rings. The lowest BCUT2D eigenvalue weighted by molar-refractivity contribution is -0.0648. The number of halogens is 2. The molecule has 0 saturated carbocycles. The number of anilines is 2. The van der Waals surface area contributed by atoms with Crippen molar-refractivity contribution in [1.29, 1.82) is 0 Å². The third-order valence-electron chi connectivity index (χ3n) is 8.84. The number of nitrogens with zero attached hydrogens (tertiary/aromatic N) is 8. The van der Waals surface area contributed by atoms with Gasteiger partial charge in [-0.1, -0.05) is 13.8 Å². The lowest BCUT2D eigenvalue weighted by Gasteiger charge is -2.21. The van der Waals surface area contributed by atoms with E-state index < -0.39 is 119 Å². The van der Waals surface area contributed by atoms with Gasteiger partial charge in [-0.2, -0.15) is 19.9 Å². The first-order valence-electron chi connectivity index (χ1n) is 16.8. The van der Waals surface area contributed by atoms with Gasteiger partial charge in [0.1, 0.15) is 47.7 Å². The Bertz CT molecular complexity index is 2360. The Morgan fingerprint density at radius 1 is 0.683 bits per heavy atom. The molecule has 0 radical (unpaired) electrons. The zero-order valence-corrected chi connectivity index (χ0v) is 35.5. The molecule has 0 amide bonds. The van der Waals surface area contributed by atoms with Crippen molar-refractivity contribution in [1.82, 2.24) is 39.0 Å². The third-order valence-corrected chi connectivity index (χ3v) is 17.3. The van der Waals surface area contributed by atoms with E-state index in [0.717, 1.165) is 0 Å². The van der Waals surface area contributed by atoms with Crippen molar-refractivity contribution in [3.63, 3.8) is 0 Å². The summed E-state index contributed by atoms with van der Waals surface area (Å²) < 4.78 is 94.2. The number of nitrogens with two attached hydrogens (primary N) is 2. The fourth-order valence-corrected chi connectivity index (χ4v) is 12.1. The Balaban J connectivity index is 0.000000228. The topological polar surface area (TPSA) is 440 Å². The highest BCUT2D eigenvalue weighted by Gasteiger charge is 2.49. The molecule has 2 aliphatic heterocycles. The molecule has 0 bridgehead atoms. The zero-order chi connectivity index (χ0) is 44.9. The number of hydrogen-bond acceptors (Lipinski definition) is 22. The molecule has 6 rings (SSSR count). The molecule has 28 nitrogen and oxygen atoms in total. The molecule has 12 N–H and O–H groups in total. The Labute approximate surface area is 347 Å². The summed E-state index contributed by atoms with van der Waals surface area (Å²) in [4.78, 5) is 60.7. The first-order chi connectivity index (χ1) is 27.7. The summed E-state index contributed by atoms with van der Waals surface area (Å²) in [6.07, 6.45) is -8.94. The number of fused-ring (bicyclic) bond motifs is 2. The predicted octanol–water partition coefficient (Wildman–Crippen LogP) is -2.81. The number of aliphatic hydroxyl groups is 4. The van der Waals surface area contributed by atoms with Gasteiger partial charge in [0.2, 0.25) is 10.6 Å². The fourth-order valence-electron chi connectivity index (χ4n) is 5.85. The Hall–Kier alpha value is -2.84. The highest BCUT2D eigenvalue weighted by atomic mass is 35.5. The molecule has 60 heavy (non-hydrogen) atoms. The van der Waals surface area contributed by atoms with Gasteiger partial charge in [-0.15, -0.1) is 0 Å². The van der Waals surface area contributed by atoms with Crippen molar-refractivity contribution < 1.29 is 84.9 Å². The van der Waals surface area contributed by atoms with E-state index in [2.05, 4.69) is 29.9 Å². The number of sulfone groups is 2. The molecule has 34 heteroatoms. The van der Waals surface area contributed by atoms with Crippen LogP contribution in [-0.2, 0) is 47.8 Å². The van der Waals surface area contributed by atoms with Gasteiger partial charge in [0, 0.05) is 0 Å². The summed E-state index contributed by atoms with van der Waals surface area (Å²) in [5.41, 5.74) is 12.0. The molecule has 10 atom stereocenters. The van der Waals surface area contributed by atoms with Crippen molar-refractivity contribution in [2.45, 2.75) is 73.3 Å². The van der Waals surface area contributed by atoms with Gasteiger partial charge in [-0.25, -0.2) is 26.8 Å². The van der Waals surface area contributed by atoms with Gasteiger partial charge in [-0.05, 0) is 23.2 Å². The molecule has 4 aromatic rings. The van der Waals surface area contributed by atoms with Crippen molar-refractivity contribution in [2.75, 3.05) is 36.2 Å². The maximum absolute atomic E-state index is 11.9. The van der Waals surface area contributed by atoms with E-state index in [0.29, 0.717) is 0 Å². The van der Waals surface area contributed by atoms with Crippen LogP contribution in [-0.4, -0.2) is 168 Å². The third kappa shape index (κ3) is 10.0. The van der Waals surface area contributed by atoms with E-state index in [9.17, 15) is 66.0 Å². The minimum Gasteiger partial charge on any atom is -0.387 e. The molecule has 2 unspecified atom stereocenters.